The van der Waals surface area contributed by atoms with Crippen LogP contribution in [0.1, 0.15) is 20.7 Å². The largest absolute Gasteiger partial charge is 0.367 e. The SMILES string of the molecule is O=Cc1cccc(NC(=O)c2c[nH]ccc2=O)c1. The molecule has 0 spiro atoms. The van der Waals surface area contributed by atoms with E-state index in [0.717, 1.165) is 0 Å². The highest BCUT2D eigenvalue weighted by molar-refractivity contribution is 6.04. The maximum atomic E-state index is 11.8. The number of H-pyrrole nitrogens is 1. The van der Waals surface area contributed by atoms with E-state index in [9.17, 15) is 14.4 Å². The predicted octanol–water partition coefficient (Wildman–Crippen LogP) is 1.44. The predicted molar refractivity (Wildman–Crippen MR) is 66.8 cm³/mol. The van der Waals surface area contributed by atoms with Gasteiger partial charge in [-0.25, -0.2) is 0 Å². The molecule has 1 heterocycles. The van der Waals surface area contributed by atoms with Crippen LogP contribution in [0.3, 0.4) is 0 Å². The van der Waals surface area contributed by atoms with Crippen molar-refractivity contribution in [3.63, 3.8) is 0 Å². The molecule has 0 atom stereocenters. The summed E-state index contributed by atoms with van der Waals surface area (Å²) >= 11 is 0. The molecule has 0 aliphatic heterocycles. The van der Waals surface area contributed by atoms with E-state index in [0.29, 0.717) is 17.5 Å². The minimum Gasteiger partial charge on any atom is -0.367 e. The third kappa shape index (κ3) is 2.52. The van der Waals surface area contributed by atoms with Crippen LogP contribution in [0, 0.1) is 0 Å². The van der Waals surface area contributed by atoms with Gasteiger partial charge in [-0.15, -0.1) is 0 Å². The molecule has 90 valence electrons. The lowest BCUT2D eigenvalue weighted by Crippen LogP contribution is -2.20. The van der Waals surface area contributed by atoms with Gasteiger partial charge in [0.1, 0.15) is 11.8 Å². The number of rotatable bonds is 3. The van der Waals surface area contributed by atoms with E-state index >= 15 is 0 Å². The number of carbonyl (C=O) groups is 2. The molecule has 2 N–H and O–H groups in total. The van der Waals surface area contributed by atoms with Gasteiger partial charge in [0.2, 0.25) is 0 Å². The molecule has 1 aromatic heterocycles. The standard InChI is InChI=1S/C13H10N2O3/c16-8-9-2-1-3-10(6-9)15-13(18)11-7-14-5-4-12(11)17/h1-8H,(H,14,17)(H,15,18). The number of aromatic nitrogens is 1. The minimum atomic E-state index is -0.514. The zero-order valence-electron chi connectivity index (χ0n) is 9.34. The fourth-order valence-electron chi connectivity index (χ4n) is 1.48. The first kappa shape index (κ1) is 11.8. The lowest BCUT2D eigenvalue weighted by molar-refractivity contribution is 0.102. The number of aldehydes is 1. The minimum absolute atomic E-state index is 0.0222. The summed E-state index contributed by atoms with van der Waals surface area (Å²) in [5, 5.41) is 2.56. The molecular formula is C13H10N2O3. The molecular weight excluding hydrogens is 232 g/mol. The molecule has 1 amide bonds. The Balaban J connectivity index is 2.24. The molecule has 0 bridgehead atoms. The molecule has 2 rings (SSSR count). The van der Waals surface area contributed by atoms with E-state index in [2.05, 4.69) is 10.3 Å². The van der Waals surface area contributed by atoms with Crippen LogP contribution in [0.5, 0.6) is 0 Å². The van der Waals surface area contributed by atoms with Crippen LogP contribution >= 0.6 is 0 Å². The van der Waals surface area contributed by atoms with Gasteiger partial charge in [0, 0.05) is 29.7 Å². The van der Waals surface area contributed by atoms with Crippen molar-refractivity contribution in [3.05, 3.63) is 64.1 Å². The van der Waals surface area contributed by atoms with Gasteiger partial charge in [0.05, 0.1) is 0 Å². The van der Waals surface area contributed by atoms with Gasteiger partial charge in [-0.3, -0.25) is 14.4 Å². The van der Waals surface area contributed by atoms with E-state index in [1.807, 2.05) is 0 Å². The Hall–Kier alpha value is -2.69. The number of carbonyl (C=O) groups excluding carboxylic acids is 2. The molecule has 0 unspecified atom stereocenters. The van der Waals surface area contributed by atoms with Gasteiger partial charge in [-0.1, -0.05) is 12.1 Å². The quantitative estimate of drug-likeness (QED) is 0.799. The molecule has 0 saturated carbocycles. The third-order valence-electron chi connectivity index (χ3n) is 2.35. The summed E-state index contributed by atoms with van der Waals surface area (Å²) < 4.78 is 0. The molecule has 0 aliphatic rings. The second-order valence-electron chi connectivity index (χ2n) is 3.62. The summed E-state index contributed by atoms with van der Waals surface area (Å²) in [6, 6.07) is 7.72. The fraction of sp³-hybridized carbons (Fsp3) is 0. The first-order valence-electron chi connectivity index (χ1n) is 5.24. The highest BCUT2D eigenvalue weighted by atomic mass is 16.2. The summed E-state index contributed by atoms with van der Waals surface area (Å²) in [5.41, 5.74) is 0.578. The molecule has 1 aromatic carbocycles. The van der Waals surface area contributed by atoms with Crippen molar-refractivity contribution >= 4 is 17.9 Å². The molecule has 5 heteroatoms. The van der Waals surface area contributed by atoms with Crippen LogP contribution in [-0.4, -0.2) is 17.2 Å². The molecule has 5 nitrogen and oxygen atoms in total. The normalized spacial score (nSPS) is 9.78. The smallest absolute Gasteiger partial charge is 0.261 e. The maximum absolute atomic E-state index is 11.8. The second kappa shape index (κ2) is 5.09. The summed E-state index contributed by atoms with van der Waals surface area (Å²) in [4.78, 5) is 36.5. The Kier molecular flexibility index (Phi) is 3.33. The van der Waals surface area contributed by atoms with Crippen LogP contribution in [-0.2, 0) is 0 Å². The second-order valence-corrected chi connectivity index (χ2v) is 3.62. The summed E-state index contributed by atoms with van der Waals surface area (Å²) in [6.45, 7) is 0. The topological polar surface area (TPSA) is 79.0 Å². The van der Waals surface area contributed by atoms with E-state index in [4.69, 9.17) is 0 Å². The fourth-order valence-corrected chi connectivity index (χ4v) is 1.48. The number of aromatic amines is 1. The van der Waals surface area contributed by atoms with Gasteiger partial charge >= 0.3 is 0 Å². The van der Waals surface area contributed by atoms with E-state index in [1.54, 1.807) is 18.2 Å². The van der Waals surface area contributed by atoms with Crippen molar-refractivity contribution in [3.8, 4) is 0 Å². The van der Waals surface area contributed by atoms with Crippen molar-refractivity contribution in [1.82, 2.24) is 4.98 Å². The van der Waals surface area contributed by atoms with E-state index in [1.165, 1.54) is 24.5 Å². The lowest BCUT2D eigenvalue weighted by atomic mass is 10.2. The highest BCUT2D eigenvalue weighted by Crippen LogP contribution is 2.09. The maximum Gasteiger partial charge on any atom is 0.261 e. The van der Waals surface area contributed by atoms with Crippen molar-refractivity contribution < 1.29 is 9.59 Å². The van der Waals surface area contributed by atoms with Crippen LogP contribution in [0.25, 0.3) is 0 Å². The average Bonchev–Trinajstić information content (AvgIpc) is 2.39. The highest BCUT2D eigenvalue weighted by Gasteiger charge is 2.09. The van der Waals surface area contributed by atoms with Gasteiger partial charge in [0.15, 0.2) is 5.43 Å². The number of benzene rings is 1. The Labute approximate surface area is 102 Å². The average molecular weight is 242 g/mol. The van der Waals surface area contributed by atoms with E-state index < -0.39 is 5.91 Å². The molecule has 0 aliphatic carbocycles. The number of nitrogens with one attached hydrogen (secondary N) is 2. The lowest BCUT2D eigenvalue weighted by Gasteiger charge is -2.04. The summed E-state index contributed by atoms with van der Waals surface area (Å²) in [7, 11) is 0. The Morgan fingerprint density at radius 2 is 2.11 bits per heavy atom. The van der Waals surface area contributed by atoms with Crippen molar-refractivity contribution in [2.45, 2.75) is 0 Å². The number of pyridine rings is 1. The first-order chi connectivity index (χ1) is 8.70. The molecule has 2 aromatic rings. The third-order valence-corrected chi connectivity index (χ3v) is 2.35. The van der Waals surface area contributed by atoms with Crippen LogP contribution in [0.15, 0.2) is 47.5 Å². The Morgan fingerprint density at radius 1 is 1.28 bits per heavy atom. The Morgan fingerprint density at radius 3 is 2.83 bits per heavy atom. The number of hydrogen-bond donors (Lipinski definition) is 2. The monoisotopic (exact) mass is 242 g/mol. The number of hydrogen-bond acceptors (Lipinski definition) is 3. The number of amides is 1. The zero-order chi connectivity index (χ0) is 13.0. The number of anilines is 1. The molecule has 0 radical (unpaired) electrons. The summed E-state index contributed by atoms with van der Waals surface area (Å²) in [6.07, 6.45) is 3.47. The molecule has 0 saturated heterocycles. The summed E-state index contributed by atoms with van der Waals surface area (Å²) in [5.74, 6) is -0.514. The Bertz CT molecular complexity index is 646. The van der Waals surface area contributed by atoms with Crippen molar-refractivity contribution in [2.75, 3.05) is 5.32 Å². The van der Waals surface area contributed by atoms with Crippen molar-refractivity contribution in [1.29, 1.82) is 0 Å². The molecule has 18 heavy (non-hydrogen) atoms. The van der Waals surface area contributed by atoms with Gasteiger partial charge in [-0.05, 0) is 12.1 Å². The van der Waals surface area contributed by atoms with Crippen LogP contribution in [0.4, 0.5) is 5.69 Å². The van der Waals surface area contributed by atoms with E-state index in [-0.39, 0.29) is 11.0 Å². The molecule has 0 fully saturated rings. The van der Waals surface area contributed by atoms with Gasteiger partial charge < -0.3 is 10.3 Å². The first-order valence-corrected chi connectivity index (χ1v) is 5.24. The van der Waals surface area contributed by atoms with Crippen LogP contribution < -0.4 is 10.7 Å². The van der Waals surface area contributed by atoms with Gasteiger partial charge in [0.25, 0.3) is 5.91 Å². The zero-order valence-corrected chi connectivity index (χ0v) is 9.34. The van der Waals surface area contributed by atoms with Gasteiger partial charge in [-0.2, -0.15) is 0 Å². The van der Waals surface area contributed by atoms with Crippen molar-refractivity contribution in [2.24, 2.45) is 0 Å². The van der Waals surface area contributed by atoms with Crippen LogP contribution in [0.2, 0.25) is 0 Å².